The van der Waals surface area contributed by atoms with Crippen LogP contribution in [0.3, 0.4) is 0 Å². The van der Waals surface area contributed by atoms with Gasteiger partial charge in [0.1, 0.15) is 10.2 Å². The third-order valence-corrected chi connectivity index (χ3v) is 7.23. The molecule has 0 radical (unpaired) electrons. The Bertz CT molecular complexity index is 1230. The van der Waals surface area contributed by atoms with Crippen molar-refractivity contribution in [3.05, 3.63) is 92.1 Å². The first kappa shape index (κ1) is 24.3. The van der Waals surface area contributed by atoms with Crippen molar-refractivity contribution in [3.63, 3.8) is 0 Å². The lowest BCUT2D eigenvalue weighted by Gasteiger charge is -2.10. The highest BCUT2D eigenvalue weighted by molar-refractivity contribution is 9.10. The van der Waals surface area contributed by atoms with Crippen LogP contribution in [0.1, 0.15) is 21.8 Å². The largest absolute Gasteiger partial charge is 0.326 e. The molecule has 1 aliphatic rings. The maximum Gasteiger partial charge on any atom is 0.256 e. The molecule has 3 aromatic carbocycles. The van der Waals surface area contributed by atoms with Gasteiger partial charge in [-0.05, 0) is 82.2 Å². The smallest absolute Gasteiger partial charge is 0.256 e. The summed E-state index contributed by atoms with van der Waals surface area (Å²) < 4.78 is 12.3. The van der Waals surface area contributed by atoms with Crippen molar-refractivity contribution >= 4 is 85.5 Å². The molecule has 0 saturated heterocycles. The maximum absolute atomic E-state index is 13.1. The van der Waals surface area contributed by atoms with Gasteiger partial charge in [-0.1, -0.05) is 23.2 Å². The normalized spacial score (nSPS) is 18.5. The molecule has 1 saturated carbocycles. The average molecular weight is 591 g/mol. The second-order valence-electron chi connectivity index (χ2n) is 7.48. The number of carbonyl (C=O) groups excluding carboxylic acids is 2. The fourth-order valence-electron chi connectivity index (χ4n) is 3.55. The first-order valence-electron chi connectivity index (χ1n) is 9.57. The monoisotopic (exact) mass is 588 g/mol. The van der Waals surface area contributed by atoms with E-state index in [1.807, 2.05) is 0 Å². The van der Waals surface area contributed by atoms with Gasteiger partial charge in [0, 0.05) is 31.8 Å². The van der Waals surface area contributed by atoms with E-state index >= 15 is 0 Å². The Morgan fingerprint density at radius 2 is 1.48 bits per heavy atom. The van der Waals surface area contributed by atoms with Gasteiger partial charge in [-0.3, -0.25) is 9.59 Å². The third kappa shape index (κ3) is 5.31. The van der Waals surface area contributed by atoms with E-state index in [-0.39, 0.29) is 5.56 Å². The Morgan fingerprint density at radius 3 is 2.12 bits per heavy atom. The van der Waals surface area contributed by atoms with Crippen LogP contribution in [0, 0.1) is 11.7 Å². The highest BCUT2D eigenvalue weighted by Crippen LogP contribution is 2.65. The minimum Gasteiger partial charge on any atom is -0.326 e. The van der Waals surface area contributed by atoms with Crippen molar-refractivity contribution in [1.82, 2.24) is 0 Å². The molecule has 0 spiro atoms. The van der Waals surface area contributed by atoms with E-state index in [4.69, 9.17) is 46.4 Å². The van der Waals surface area contributed by atoms with Crippen molar-refractivity contribution in [3.8, 4) is 0 Å². The first-order chi connectivity index (χ1) is 15.6. The van der Waals surface area contributed by atoms with E-state index in [9.17, 15) is 14.0 Å². The molecule has 33 heavy (non-hydrogen) atoms. The van der Waals surface area contributed by atoms with Gasteiger partial charge in [0.05, 0.1) is 11.5 Å². The second-order valence-corrected chi connectivity index (χ2v) is 10.6. The highest BCUT2D eigenvalue weighted by atomic mass is 79.9. The van der Waals surface area contributed by atoms with Crippen LogP contribution in [0.2, 0.25) is 10.0 Å². The molecule has 2 unspecified atom stereocenters. The van der Waals surface area contributed by atoms with E-state index in [1.54, 1.807) is 30.3 Å². The number of nitrogens with one attached hydrogen (secondary N) is 2. The summed E-state index contributed by atoms with van der Waals surface area (Å²) >= 11 is 28.3. The number of rotatable bonds is 5. The van der Waals surface area contributed by atoms with E-state index in [1.165, 1.54) is 30.3 Å². The van der Waals surface area contributed by atoms with Gasteiger partial charge in [-0.25, -0.2) is 4.39 Å². The van der Waals surface area contributed by atoms with Crippen LogP contribution in [-0.4, -0.2) is 16.1 Å². The SMILES string of the molecule is O=C(Nc1ccc(F)cc1)c1cc(NC(=O)C2C(c3cc(Cl)cc(Cl)c3)C2(Cl)Cl)ccc1Br. The number of alkyl halides is 2. The van der Waals surface area contributed by atoms with Crippen LogP contribution in [0.4, 0.5) is 15.8 Å². The number of halogens is 6. The van der Waals surface area contributed by atoms with E-state index in [0.717, 1.165) is 0 Å². The van der Waals surface area contributed by atoms with Gasteiger partial charge < -0.3 is 10.6 Å². The number of amides is 2. The molecule has 0 heterocycles. The fraction of sp³-hybridized carbons (Fsp3) is 0.130. The summed E-state index contributed by atoms with van der Waals surface area (Å²) in [6, 6.07) is 15.1. The molecule has 3 aromatic rings. The molecule has 4 nitrogen and oxygen atoms in total. The zero-order valence-electron chi connectivity index (χ0n) is 16.5. The van der Waals surface area contributed by atoms with Gasteiger partial charge in [-0.15, -0.1) is 23.2 Å². The zero-order chi connectivity index (χ0) is 23.9. The molecule has 0 aromatic heterocycles. The number of benzene rings is 3. The topological polar surface area (TPSA) is 58.2 Å². The van der Waals surface area contributed by atoms with Crippen LogP contribution in [0.15, 0.2) is 65.1 Å². The predicted molar refractivity (Wildman–Crippen MR) is 134 cm³/mol. The third-order valence-electron chi connectivity index (χ3n) is 5.16. The average Bonchev–Trinajstić information content (AvgIpc) is 3.32. The summed E-state index contributed by atoms with van der Waals surface area (Å²) in [5.74, 6) is -2.49. The molecule has 1 aliphatic carbocycles. The Balaban J connectivity index is 1.50. The lowest BCUT2D eigenvalue weighted by atomic mass is 10.1. The van der Waals surface area contributed by atoms with Crippen molar-refractivity contribution < 1.29 is 14.0 Å². The van der Waals surface area contributed by atoms with E-state index in [2.05, 4.69) is 26.6 Å². The molecule has 2 atom stereocenters. The summed E-state index contributed by atoms with van der Waals surface area (Å²) in [6.07, 6.45) is 0. The van der Waals surface area contributed by atoms with Gasteiger partial charge in [0.25, 0.3) is 5.91 Å². The molecule has 1 fully saturated rings. The van der Waals surface area contributed by atoms with Crippen molar-refractivity contribution in [2.75, 3.05) is 10.6 Å². The summed E-state index contributed by atoms with van der Waals surface area (Å²) in [5.41, 5.74) is 1.74. The maximum atomic E-state index is 13.1. The summed E-state index contributed by atoms with van der Waals surface area (Å²) in [5, 5.41) is 6.27. The lowest BCUT2D eigenvalue weighted by molar-refractivity contribution is -0.117. The molecule has 2 amide bonds. The van der Waals surface area contributed by atoms with E-state index in [0.29, 0.717) is 31.5 Å². The molecule has 4 rings (SSSR count). The fourth-order valence-corrected chi connectivity index (χ4v) is 5.35. The molecular weight excluding hydrogens is 577 g/mol. The number of anilines is 2. The predicted octanol–water partition coefficient (Wildman–Crippen LogP) is 7.67. The lowest BCUT2D eigenvalue weighted by Crippen LogP contribution is -2.18. The number of hydrogen-bond donors (Lipinski definition) is 2. The van der Waals surface area contributed by atoms with Crippen LogP contribution >= 0.6 is 62.3 Å². The second kappa shape index (κ2) is 9.43. The van der Waals surface area contributed by atoms with Crippen molar-refractivity contribution in [1.29, 1.82) is 0 Å². The van der Waals surface area contributed by atoms with Gasteiger partial charge >= 0.3 is 0 Å². The minimum absolute atomic E-state index is 0.272. The van der Waals surface area contributed by atoms with Gasteiger partial charge in [0.15, 0.2) is 0 Å². The highest BCUT2D eigenvalue weighted by Gasteiger charge is 2.67. The molecular formula is C23H14BrCl4FN2O2. The Labute approximate surface area is 217 Å². The van der Waals surface area contributed by atoms with Crippen LogP contribution in [0.25, 0.3) is 0 Å². The van der Waals surface area contributed by atoms with Crippen molar-refractivity contribution in [2.45, 2.75) is 10.3 Å². The quantitative estimate of drug-likeness (QED) is 0.300. The first-order valence-corrected chi connectivity index (χ1v) is 11.9. The van der Waals surface area contributed by atoms with Gasteiger partial charge in [-0.2, -0.15) is 0 Å². The molecule has 10 heteroatoms. The minimum atomic E-state index is -1.32. The zero-order valence-corrected chi connectivity index (χ0v) is 21.1. The Hall–Kier alpha value is -1.83. The summed E-state index contributed by atoms with van der Waals surface area (Å²) in [7, 11) is 0. The van der Waals surface area contributed by atoms with Crippen molar-refractivity contribution in [2.24, 2.45) is 5.92 Å². The summed E-state index contributed by atoms with van der Waals surface area (Å²) in [4.78, 5) is 25.6. The molecule has 0 bridgehead atoms. The Morgan fingerprint density at radius 1 is 0.879 bits per heavy atom. The molecule has 170 valence electrons. The van der Waals surface area contributed by atoms with Crippen LogP contribution in [-0.2, 0) is 4.79 Å². The summed E-state index contributed by atoms with van der Waals surface area (Å²) in [6.45, 7) is 0. The van der Waals surface area contributed by atoms with Crippen LogP contribution < -0.4 is 10.6 Å². The molecule has 2 N–H and O–H groups in total. The standard InChI is InChI=1S/C23H14BrCl4FN2O2/c24-18-6-5-16(10-17(18)21(32)30-15-3-1-14(29)2-4-15)31-22(33)20-19(23(20,27)28)11-7-12(25)9-13(26)8-11/h1-10,19-20H,(H,30,32)(H,31,33). The van der Waals surface area contributed by atoms with Gasteiger partial charge in [0.2, 0.25) is 5.91 Å². The van der Waals surface area contributed by atoms with Crippen LogP contribution in [0.5, 0.6) is 0 Å². The number of carbonyl (C=O) groups is 2. The Kier molecular flexibility index (Phi) is 6.95. The van der Waals surface area contributed by atoms with E-state index < -0.39 is 33.8 Å². The number of hydrogen-bond acceptors (Lipinski definition) is 2. The molecule has 0 aliphatic heterocycles.